The van der Waals surface area contributed by atoms with E-state index in [0.29, 0.717) is 6.54 Å². The summed E-state index contributed by atoms with van der Waals surface area (Å²) in [7, 11) is 1.67. The number of methoxy groups -OCH3 is 1. The highest BCUT2D eigenvalue weighted by Gasteiger charge is 2.22. The van der Waals surface area contributed by atoms with Gasteiger partial charge in [0.1, 0.15) is 5.76 Å². The zero-order valence-electron chi connectivity index (χ0n) is 13.2. The van der Waals surface area contributed by atoms with E-state index in [1.54, 1.807) is 7.11 Å². The highest BCUT2D eigenvalue weighted by molar-refractivity contribution is 7.11. The lowest BCUT2D eigenvalue weighted by atomic mass is 9.86. The van der Waals surface area contributed by atoms with Crippen LogP contribution in [0.1, 0.15) is 40.8 Å². The lowest BCUT2D eigenvalue weighted by Gasteiger charge is -2.22. The number of ether oxygens (including phenoxy) is 1. The van der Waals surface area contributed by atoms with Gasteiger partial charge in [-0.05, 0) is 25.0 Å². The lowest BCUT2D eigenvalue weighted by molar-refractivity contribution is 0.406. The first-order chi connectivity index (χ1) is 11.3. The number of benzene rings is 1. The Morgan fingerprint density at radius 2 is 2.26 bits per heavy atom. The zero-order valence-corrected chi connectivity index (χ0v) is 14.0. The van der Waals surface area contributed by atoms with Crippen molar-refractivity contribution in [1.29, 1.82) is 0 Å². The quantitative estimate of drug-likeness (QED) is 0.726. The molecule has 1 aliphatic rings. The van der Waals surface area contributed by atoms with E-state index in [1.807, 2.05) is 35.7 Å². The van der Waals surface area contributed by atoms with Crippen molar-refractivity contribution in [3.05, 3.63) is 46.1 Å². The summed E-state index contributed by atoms with van der Waals surface area (Å²) in [4.78, 5) is 5.85. The molecule has 1 saturated carbocycles. The van der Waals surface area contributed by atoms with E-state index < -0.39 is 0 Å². The predicted molar refractivity (Wildman–Crippen MR) is 92.0 cm³/mol. The zero-order chi connectivity index (χ0) is 15.6. The molecule has 0 amide bonds. The van der Waals surface area contributed by atoms with Crippen LogP contribution < -0.4 is 10.1 Å². The van der Waals surface area contributed by atoms with E-state index in [4.69, 9.17) is 9.15 Å². The largest absolute Gasteiger partial charge is 0.493 e. The number of thiazole rings is 1. The maximum Gasteiger partial charge on any atom is 0.176 e. The molecule has 4 rings (SSSR count). The van der Waals surface area contributed by atoms with Crippen LogP contribution in [0.2, 0.25) is 0 Å². The molecule has 1 N–H and O–H groups in total. The Morgan fingerprint density at radius 1 is 1.35 bits per heavy atom. The summed E-state index contributed by atoms with van der Waals surface area (Å²) in [5.74, 6) is 2.42. The van der Waals surface area contributed by atoms with Gasteiger partial charge in [0, 0.05) is 28.9 Å². The molecule has 5 heteroatoms. The molecule has 0 radical (unpaired) electrons. The number of nitrogens with zero attached hydrogens (tertiary/aromatic N) is 1. The lowest BCUT2D eigenvalue weighted by Crippen LogP contribution is -2.11. The van der Waals surface area contributed by atoms with Crippen LogP contribution in [0.15, 0.2) is 34.9 Å². The third kappa shape index (κ3) is 2.99. The number of aromatic nitrogens is 1. The second-order valence-corrected chi connectivity index (χ2v) is 7.13. The van der Waals surface area contributed by atoms with Gasteiger partial charge in [-0.1, -0.05) is 18.6 Å². The van der Waals surface area contributed by atoms with E-state index in [1.165, 1.54) is 29.1 Å². The van der Waals surface area contributed by atoms with Crippen molar-refractivity contribution in [2.45, 2.75) is 38.3 Å². The molecule has 2 aromatic heterocycles. The van der Waals surface area contributed by atoms with Gasteiger partial charge in [0.2, 0.25) is 0 Å². The van der Waals surface area contributed by atoms with Gasteiger partial charge in [0.15, 0.2) is 11.3 Å². The van der Waals surface area contributed by atoms with Crippen LogP contribution in [-0.4, -0.2) is 12.1 Å². The highest BCUT2D eigenvalue weighted by Crippen LogP contribution is 2.38. The third-order valence-electron chi connectivity index (χ3n) is 4.40. The Morgan fingerprint density at radius 3 is 3.04 bits per heavy atom. The van der Waals surface area contributed by atoms with Gasteiger partial charge in [-0.15, -0.1) is 11.3 Å². The van der Waals surface area contributed by atoms with Gasteiger partial charge in [-0.2, -0.15) is 0 Å². The fraction of sp³-hybridized carbons (Fsp3) is 0.389. The van der Waals surface area contributed by atoms with Crippen LogP contribution in [0.5, 0.6) is 5.75 Å². The standard InChI is InChI=1S/C18H20N2O2S/c1-21-16-7-3-6-13-8-14(22-17(13)16)9-19-10-15-11-20-18(23-15)12-4-2-5-12/h3,6-8,11-12,19H,2,4-5,9-10H2,1H3. The van der Waals surface area contributed by atoms with Gasteiger partial charge < -0.3 is 14.5 Å². The molecule has 0 atom stereocenters. The number of furan rings is 1. The second kappa shape index (κ2) is 6.34. The summed E-state index contributed by atoms with van der Waals surface area (Å²) in [5.41, 5.74) is 0.817. The summed E-state index contributed by atoms with van der Waals surface area (Å²) < 4.78 is 11.2. The minimum atomic E-state index is 0.703. The molecule has 120 valence electrons. The van der Waals surface area contributed by atoms with E-state index >= 15 is 0 Å². The Kier molecular flexibility index (Phi) is 4.06. The minimum absolute atomic E-state index is 0.703. The number of hydrogen-bond donors (Lipinski definition) is 1. The summed E-state index contributed by atoms with van der Waals surface area (Å²) in [6, 6.07) is 8.01. The van der Waals surface area contributed by atoms with Crippen molar-refractivity contribution >= 4 is 22.3 Å². The Hall–Kier alpha value is -1.85. The van der Waals surface area contributed by atoms with Gasteiger partial charge in [-0.25, -0.2) is 4.98 Å². The van der Waals surface area contributed by atoms with Gasteiger partial charge in [0.05, 0.1) is 18.7 Å². The predicted octanol–water partition coefficient (Wildman–Crippen LogP) is 4.46. The van der Waals surface area contributed by atoms with Crippen LogP contribution in [0.25, 0.3) is 11.0 Å². The van der Waals surface area contributed by atoms with Crippen molar-refractivity contribution in [1.82, 2.24) is 10.3 Å². The average Bonchev–Trinajstić information content (AvgIpc) is 3.12. The van der Waals surface area contributed by atoms with Crippen molar-refractivity contribution in [2.24, 2.45) is 0 Å². The molecule has 1 aliphatic carbocycles. The summed E-state index contributed by atoms with van der Waals surface area (Å²) in [5, 5.41) is 5.82. The van der Waals surface area contributed by atoms with Crippen molar-refractivity contribution in [3.8, 4) is 5.75 Å². The first-order valence-electron chi connectivity index (χ1n) is 8.04. The average molecular weight is 328 g/mol. The summed E-state index contributed by atoms with van der Waals surface area (Å²) >= 11 is 1.84. The molecule has 3 aromatic rings. The fourth-order valence-electron chi connectivity index (χ4n) is 2.89. The Labute approximate surface area is 139 Å². The number of rotatable bonds is 6. The number of hydrogen-bond acceptors (Lipinski definition) is 5. The second-order valence-electron chi connectivity index (χ2n) is 5.99. The van der Waals surface area contributed by atoms with Crippen molar-refractivity contribution in [2.75, 3.05) is 7.11 Å². The number of nitrogens with one attached hydrogen (secondary N) is 1. The maximum atomic E-state index is 5.90. The maximum absolute atomic E-state index is 5.90. The van der Waals surface area contributed by atoms with Crippen molar-refractivity contribution in [3.63, 3.8) is 0 Å². The molecule has 4 nitrogen and oxygen atoms in total. The third-order valence-corrected chi connectivity index (χ3v) is 5.56. The van der Waals surface area contributed by atoms with E-state index in [0.717, 1.165) is 34.9 Å². The van der Waals surface area contributed by atoms with Crippen LogP contribution in [0.4, 0.5) is 0 Å². The topological polar surface area (TPSA) is 47.3 Å². The van der Waals surface area contributed by atoms with Crippen LogP contribution in [-0.2, 0) is 13.1 Å². The number of fused-ring (bicyclic) bond motifs is 1. The van der Waals surface area contributed by atoms with Crippen molar-refractivity contribution < 1.29 is 9.15 Å². The monoisotopic (exact) mass is 328 g/mol. The fourth-order valence-corrected chi connectivity index (χ4v) is 3.95. The molecule has 23 heavy (non-hydrogen) atoms. The summed E-state index contributed by atoms with van der Waals surface area (Å²) in [6.07, 6.45) is 5.97. The molecule has 2 heterocycles. The molecule has 0 saturated heterocycles. The molecule has 1 fully saturated rings. The first kappa shape index (κ1) is 14.7. The summed E-state index contributed by atoms with van der Waals surface area (Å²) in [6.45, 7) is 1.53. The number of para-hydroxylation sites is 1. The van der Waals surface area contributed by atoms with E-state index in [9.17, 15) is 0 Å². The van der Waals surface area contributed by atoms with Crippen LogP contribution in [0, 0.1) is 0 Å². The van der Waals surface area contributed by atoms with Gasteiger partial charge in [0.25, 0.3) is 0 Å². The van der Waals surface area contributed by atoms with Crippen LogP contribution >= 0.6 is 11.3 Å². The molecule has 0 bridgehead atoms. The van der Waals surface area contributed by atoms with Crippen LogP contribution in [0.3, 0.4) is 0 Å². The molecule has 1 aromatic carbocycles. The molecular formula is C18H20N2O2S. The Bertz CT molecular complexity index is 804. The molecular weight excluding hydrogens is 308 g/mol. The molecule has 0 aliphatic heterocycles. The van der Waals surface area contributed by atoms with E-state index in [2.05, 4.69) is 16.4 Å². The first-order valence-corrected chi connectivity index (χ1v) is 8.86. The molecule has 0 unspecified atom stereocenters. The van der Waals surface area contributed by atoms with E-state index in [-0.39, 0.29) is 0 Å². The Balaban J connectivity index is 1.38. The SMILES string of the molecule is COc1cccc2cc(CNCc3cnc(C4CCC4)s3)oc12. The minimum Gasteiger partial charge on any atom is -0.493 e. The normalized spacial score (nSPS) is 15.0. The van der Waals surface area contributed by atoms with Gasteiger partial charge >= 0.3 is 0 Å². The molecule has 0 spiro atoms. The highest BCUT2D eigenvalue weighted by atomic mass is 32.1. The van der Waals surface area contributed by atoms with Gasteiger partial charge in [-0.3, -0.25) is 0 Å². The smallest absolute Gasteiger partial charge is 0.176 e.